The summed E-state index contributed by atoms with van der Waals surface area (Å²) in [7, 11) is 1.28. The molecule has 0 saturated carbocycles. The summed E-state index contributed by atoms with van der Waals surface area (Å²) in [5.74, 6) is 0. The number of thiol groups is 1. The van der Waals surface area contributed by atoms with E-state index in [1.807, 2.05) is 13.1 Å². The van der Waals surface area contributed by atoms with E-state index in [-0.39, 0.29) is 0 Å². The van der Waals surface area contributed by atoms with E-state index in [1.54, 1.807) is 0 Å². The van der Waals surface area contributed by atoms with Crippen LogP contribution in [0, 0.1) is 6.92 Å². The molecule has 11 heavy (non-hydrogen) atoms. The van der Waals surface area contributed by atoms with Crippen LogP contribution in [-0.4, -0.2) is 9.97 Å². The molecule has 0 aliphatic rings. The van der Waals surface area contributed by atoms with Gasteiger partial charge in [-0.05, 0) is 29.7 Å². The molecule has 0 bridgehead atoms. The number of aryl methyl sites for hydroxylation is 2. The van der Waals surface area contributed by atoms with Crippen LogP contribution in [0.5, 0.6) is 0 Å². The van der Waals surface area contributed by atoms with Crippen molar-refractivity contribution in [2.45, 2.75) is 25.4 Å². The highest BCUT2D eigenvalue weighted by molar-refractivity contribution is 8.68. The maximum absolute atomic E-state index is 4.28. The minimum absolute atomic E-state index is 0.732. The monoisotopic (exact) mass is 186 g/mol. The van der Waals surface area contributed by atoms with Gasteiger partial charge in [0.2, 0.25) is 0 Å². The van der Waals surface area contributed by atoms with Crippen LogP contribution in [0.4, 0.5) is 0 Å². The highest BCUT2D eigenvalue weighted by Crippen LogP contribution is 2.17. The Morgan fingerprint density at radius 1 is 1.64 bits per heavy atom. The number of aromatic nitrogens is 2. The Hall–Kier alpha value is -0.220. The lowest BCUT2D eigenvalue weighted by atomic mass is 10.2. The van der Waals surface area contributed by atoms with E-state index in [0.717, 1.165) is 22.8 Å². The summed E-state index contributed by atoms with van der Waals surface area (Å²) < 4.78 is 0. The smallest absolute Gasteiger partial charge is 0.198 e. The quantitative estimate of drug-likeness (QED) is 0.436. The van der Waals surface area contributed by atoms with Crippen LogP contribution in [0.25, 0.3) is 0 Å². The van der Waals surface area contributed by atoms with Crippen molar-refractivity contribution in [2.75, 3.05) is 0 Å². The Bertz CT molecular complexity index is 250. The van der Waals surface area contributed by atoms with Crippen molar-refractivity contribution in [3.63, 3.8) is 0 Å². The van der Waals surface area contributed by atoms with Gasteiger partial charge in [-0.3, -0.25) is 0 Å². The van der Waals surface area contributed by atoms with Crippen LogP contribution in [0.3, 0.4) is 0 Å². The molecule has 0 aliphatic carbocycles. The van der Waals surface area contributed by atoms with Crippen molar-refractivity contribution in [3.05, 3.63) is 17.5 Å². The van der Waals surface area contributed by atoms with Gasteiger partial charge < -0.3 is 0 Å². The first-order chi connectivity index (χ1) is 5.27. The van der Waals surface area contributed by atoms with Gasteiger partial charge in [-0.15, -0.1) is 11.7 Å². The molecule has 60 valence electrons. The van der Waals surface area contributed by atoms with Crippen LogP contribution in [0.2, 0.25) is 0 Å². The molecule has 0 radical (unpaired) electrons. The Morgan fingerprint density at radius 2 is 2.36 bits per heavy atom. The summed E-state index contributed by atoms with van der Waals surface area (Å²) in [6.07, 6.45) is 2.79. The van der Waals surface area contributed by atoms with Gasteiger partial charge in [-0.25, -0.2) is 9.97 Å². The zero-order valence-electron chi connectivity index (χ0n) is 6.53. The summed E-state index contributed by atoms with van der Waals surface area (Å²) in [5.41, 5.74) is 2.26. The first-order valence-corrected chi connectivity index (χ1v) is 5.28. The van der Waals surface area contributed by atoms with E-state index < -0.39 is 0 Å². The van der Waals surface area contributed by atoms with E-state index in [0.29, 0.717) is 0 Å². The van der Waals surface area contributed by atoms with Crippen LogP contribution in [0.15, 0.2) is 11.4 Å². The van der Waals surface area contributed by atoms with Crippen molar-refractivity contribution in [2.24, 2.45) is 0 Å². The molecule has 0 aromatic carbocycles. The topological polar surface area (TPSA) is 25.8 Å². The third-order valence-electron chi connectivity index (χ3n) is 1.47. The predicted molar refractivity (Wildman–Crippen MR) is 51.0 cm³/mol. The first-order valence-electron chi connectivity index (χ1n) is 3.42. The Morgan fingerprint density at radius 3 is 2.91 bits per heavy atom. The fourth-order valence-corrected chi connectivity index (χ4v) is 1.38. The summed E-state index contributed by atoms with van der Waals surface area (Å²) in [5, 5.41) is 0.732. The molecule has 0 N–H and O–H groups in total. The average molecular weight is 186 g/mol. The Kier molecular flexibility index (Phi) is 3.20. The van der Waals surface area contributed by atoms with E-state index in [9.17, 15) is 0 Å². The highest BCUT2D eigenvalue weighted by atomic mass is 33.1. The lowest BCUT2D eigenvalue weighted by Crippen LogP contribution is -1.95. The summed E-state index contributed by atoms with van der Waals surface area (Å²) >= 11 is 4.02. The Labute approximate surface area is 75.6 Å². The number of rotatable bonds is 2. The van der Waals surface area contributed by atoms with Gasteiger partial charge in [-0.1, -0.05) is 6.92 Å². The third kappa shape index (κ3) is 2.10. The van der Waals surface area contributed by atoms with E-state index in [2.05, 4.69) is 28.6 Å². The standard InChI is InChI=1S/C7H10N2S2/c1-3-6-5(2)4-8-7(9-6)11-10/h4,10H,3H2,1-2H3. The molecule has 0 unspecified atom stereocenters. The average Bonchev–Trinajstić information content (AvgIpc) is 2.05. The largest absolute Gasteiger partial charge is 0.230 e. The van der Waals surface area contributed by atoms with Gasteiger partial charge in [0.15, 0.2) is 5.16 Å². The molecule has 0 aliphatic heterocycles. The summed E-state index contributed by atoms with van der Waals surface area (Å²) in [4.78, 5) is 8.37. The highest BCUT2D eigenvalue weighted by Gasteiger charge is 1.99. The van der Waals surface area contributed by atoms with Crippen molar-refractivity contribution >= 4 is 22.5 Å². The molecular formula is C7H10N2S2. The molecular weight excluding hydrogens is 176 g/mol. The van der Waals surface area contributed by atoms with E-state index in [4.69, 9.17) is 0 Å². The lowest BCUT2D eigenvalue weighted by molar-refractivity contribution is 0.874. The first kappa shape index (κ1) is 8.87. The zero-order chi connectivity index (χ0) is 8.27. The summed E-state index contributed by atoms with van der Waals surface area (Å²) in [6, 6.07) is 0. The number of hydrogen-bond donors (Lipinski definition) is 1. The normalized spacial score (nSPS) is 10.1. The second-order valence-electron chi connectivity index (χ2n) is 2.23. The fourth-order valence-electron chi connectivity index (χ4n) is 0.861. The zero-order valence-corrected chi connectivity index (χ0v) is 8.25. The Balaban J connectivity index is 3.02. The molecule has 4 heteroatoms. The molecule has 0 amide bonds. The van der Waals surface area contributed by atoms with E-state index in [1.165, 1.54) is 10.8 Å². The molecule has 0 fully saturated rings. The number of nitrogens with zero attached hydrogens (tertiary/aromatic N) is 2. The van der Waals surface area contributed by atoms with E-state index >= 15 is 0 Å². The summed E-state index contributed by atoms with van der Waals surface area (Å²) in [6.45, 7) is 4.11. The molecule has 1 aromatic heterocycles. The van der Waals surface area contributed by atoms with Gasteiger partial charge in [0.05, 0.1) is 0 Å². The van der Waals surface area contributed by atoms with Crippen molar-refractivity contribution in [1.29, 1.82) is 0 Å². The number of hydrogen-bond acceptors (Lipinski definition) is 4. The maximum Gasteiger partial charge on any atom is 0.198 e. The van der Waals surface area contributed by atoms with Crippen LogP contribution in [0.1, 0.15) is 18.2 Å². The van der Waals surface area contributed by atoms with Crippen molar-refractivity contribution in [3.8, 4) is 0 Å². The molecule has 1 aromatic rings. The van der Waals surface area contributed by atoms with Crippen LogP contribution >= 0.6 is 22.5 Å². The van der Waals surface area contributed by atoms with Gasteiger partial charge in [0.25, 0.3) is 0 Å². The maximum atomic E-state index is 4.28. The van der Waals surface area contributed by atoms with Gasteiger partial charge in [-0.2, -0.15) is 0 Å². The second kappa shape index (κ2) is 3.97. The second-order valence-corrected chi connectivity index (χ2v) is 3.32. The molecule has 0 saturated heterocycles. The van der Waals surface area contributed by atoms with Crippen molar-refractivity contribution < 1.29 is 0 Å². The molecule has 0 atom stereocenters. The molecule has 0 spiro atoms. The molecule has 2 nitrogen and oxygen atoms in total. The minimum atomic E-state index is 0.732. The third-order valence-corrected chi connectivity index (χ3v) is 2.32. The predicted octanol–water partition coefficient (Wildman–Crippen LogP) is 2.28. The van der Waals surface area contributed by atoms with Crippen LogP contribution < -0.4 is 0 Å². The molecule has 1 heterocycles. The van der Waals surface area contributed by atoms with Gasteiger partial charge >= 0.3 is 0 Å². The molecule has 1 rings (SSSR count). The van der Waals surface area contributed by atoms with Crippen molar-refractivity contribution in [1.82, 2.24) is 9.97 Å². The minimum Gasteiger partial charge on any atom is -0.230 e. The van der Waals surface area contributed by atoms with Crippen LogP contribution in [-0.2, 0) is 6.42 Å². The lowest BCUT2D eigenvalue weighted by Gasteiger charge is -2.01. The van der Waals surface area contributed by atoms with Gasteiger partial charge in [0, 0.05) is 11.9 Å². The fraction of sp³-hybridized carbons (Fsp3) is 0.429. The SMILES string of the molecule is CCc1nc(SS)ncc1C. The van der Waals surface area contributed by atoms with Gasteiger partial charge in [0.1, 0.15) is 0 Å².